The molecule has 4 rings (SSSR count). The average Bonchev–Trinajstić information content (AvgIpc) is 3.05. The predicted molar refractivity (Wildman–Crippen MR) is 132 cm³/mol. The first-order chi connectivity index (χ1) is 14.6. The molecule has 0 aliphatic heterocycles. The Morgan fingerprint density at radius 1 is 1.06 bits per heavy atom. The van der Waals surface area contributed by atoms with Gasteiger partial charge in [-0.3, -0.25) is 4.79 Å². The van der Waals surface area contributed by atoms with Gasteiger partial charge >= 0.3 is 0 Å². The van der Waals surface area contributed by atoms with Crippen molar-refractivity contribution in [2.75, 3.05) is 0 Å². The zero-order valence-corrected chi connectivity index (χ0v) is 21.6. The summed E-state index contributed by atoms with van der Waals surface area (Å²) in [5.41, 5.74) is 2.64. The van der Waals surface area contributed by atoms with Gasteiger partial charge in [-0.2, -0.15) is 0 Å². The molecule has 4 aliphatic carbocycles. The van der Waals surface area contributed by atoms with Crippen LogP contribution in [0.4, 0.5) is 0 Å². The Kier molecular flexibility index (Phi) is 7.04. The summed E-state index contributed by atoms with van der Waals surface area (Å²) in [6.07, 6.45) is 18.1. The number of hydrogen-bond acceptors (Lipinski definition) is 1. The van der Waals surface area contributed by atoms with Crippen molar-refractivity contribution in [2.45, 2.75) is 112 Å². The van der Waals surface area contributed by atoms with E-state index in [9.17, 15) is 4.79 Å². The molecule has 0 bridgehead atoms. The second-order valence-corrected chi connectivity index (χ2v) is 13.4. The molecule has 3 fully saturated rings. The summed E-state index contributed by atoms with van der Waals surface area (Å²) < 4.78 is 0. The molecule has 0 heterocycles. The highest BCUT2D eigenvalue weighted by atomic mass is 35.5. The van der Waals surface area contributed by atoms with Crippen LogP contribution in [0.1, 0.15) is 112 Å². The lowest BCUT2D eigenvalue weighted by atomic mass is 9.46. The molecule has 0 saturated heterocycles. The summed E-state index contributed by atoms with van der Waals surface area (Å²) in [6.45, 7) is 12.6. The van der Waals surface area contributed by atoms with E-state index in [4.69, 9.17) is 11.6 Å². The van der Waals surface area contributed by atoms with Crippen LogP contribution in [0, 0.1) is 52.3 Å². The van der Waals surface area contributed by atoms with Crippen molar-refractivity contribution in [1.82, 2.24) is 0 Å². The van der Waals surface area contributed by atoms with Crippen molar-refractivity contribution in [3.05, 3.63) is 11.6 Å². The van der Waals surface area contributed by atoms with Crippen molar-refractivity contribution in [3.8, 4) is 0 Å². The summed E-state index contributed by atoms with van der Waals surface area (Å²) in [4.78, 5) is 11.5. The largest absolute Gasteiger partial charge is 0.281 e. The molecule has 8 atom stereocenters. The maximum Gasteiger partial charge on any atom is 0.221 e. The Labute approximate surface area is 197 Å². The lowest BCUT2D eigenvalue weighted by molar-refractivity contribution is -0.113. The SMILES string of the molecule is CC(C)CCC[C@@H](C)[C@H]1CCC2C3CC=C4C[C@@H](CC(=O)Cl)CC[C@]4(C)C3CC[C@@]21C. The molecular formula is C29H47ClO. The highest BCUT2D eigenvalue weighted by Gasteiger charge is 2.59. The van der Waals surface area contributed by atoms with Crippen LogP contribution >= 0.6 is 11.6 Å². The standard InChI is InChI=1S/C29H47ClO/c1-19(2)7-6-8-20(3)24-11-12-25-23-10-9-22-17-21(18-27(30)31)13-15-28(22,4)26(23)14-16-29(24,25)5/h9,19-21,23-26H,6-8,10-18H2,1-5H3/t20-,21+,23?,24-,25?,26?,28+,29-/m1/s1. The smallest absolute Gasteiger partial charge is 0.221 e. The zero-order chi connectivity index (χ0) is 22.4. The van der Waals surface area contributed by atoms with Crippen LogP contribution in [0.5, 0.6) is 0 Å². The Morgan fingerprint density at radius 3 is 2.55 bits per heavy atom. The van der Waals surface area contributed by atoms with E-state index in [1.54, 1.807) is 5.57 Å². The third-order valence-corrected chi connectivity index (χ3v) is 11.0. The van der Waals surface area contributed by atoms with E-state index in [-0.39, 0.29) is 5.24 Å². The molecule has 0 N–H and O–H groups in total. The second-order valence-electron chi connectivity index (χ2n) is 13.0. The van der Waals surface area contributed by atoms with Gasteiger partial charge in [0.25, 0.3) is 0 Å². The van der Waals surface area contributed by atoms with Gasteiger partial charge in [0.15, 0.2) is 0 Å². The lowest BCUT2D eigenvalue weighted by Gasteiger charge is -2.58. The molecule has 4 aliphatic rings. The summed E-state index contributed by atoms with van der Waals surface area (Å²) in [5, 5.41) is -0.143. The van der Waals surface area contributed by atoms with Crippen LogP contribution < -0.4 is 0 Å². The van der Waals surface area contributed by atoms with Crippen molar-refractivity contribution in [1.29, 1.82) is 0 Å². The van der Waals surface area contributed by atoms with Crippen LogP contribution in [0.25, 0.3) is 0 Å². The van der Waals surface area contributed by atoms with Gasteiger partial charge in [-0.05, 0) is 115 Å². The highest BCUT2D eigenvalue weighted by molar-refractivity contribution is 6.63. The first-order valence-electron chi connectivity index (χ1n) is 13.5. The van der Waals surface area contributed by atoms with E-state index in [0.29, 0.717) is 23.2 Å². The summed E-state index contributed by atoms with van der Waals surface area (Å²) in [7, 11) is 0. The van der Waals surface area contributed by atoms with Crippen molar-refractivity contribution in [2.24, 2.45) is 52.3 Å². The summed E-state index contributed by atoms with van der Waals surface area (Å²) in [5.74, 6) is 5.85. The first-order valence-corrected chi connectivity index (χ1v) is 13.9. The predicted octanol–water partition coefficient (Wildman–Crippen LogP) is 8.80. The number of rotatable bonds is 7. The highest BCUT2D eigenvalue weighted by Crippen LogP contribution is 2.67. The van der Waals surface area contributed by atoms with E-state index in [1.807, 2.05) is 0 Å². The maximum atomic E-state index is 11.5. The van der Waals surface area contributed by atoms with Gasteiger partial charge in [0, 0.05) is 6.42 Å². The fourth-order valence-electron chi connectivity index (χ4n) is 9.16. The molecule has 2 heteroatoms. The molecule has 0 amide bonds. The van der Waals surface area contributed by atoms with Gasteiger partial charge < -0.3 is 0 Å². The monoisotopic (exact) mass is 446 g/mol. The molecule has 0 spiro atoms. The lowest BCUT2D eigenvalue weighted by Crippen LogP contribution is -2.50. The van der Waals surface area contributed by atoms with Crippen LogP contribution in [0.3, 0.4) is 0 Å². The van der Waals surface area contributed by atoms with E-state index in [0.717, 1.165) is 41.9 Å². The molecule has 176 valence electrons. The normalized spacial score (nSPS) is 43.1. The topological polar surface area (TPSA) is 17.1 Å². The Bertz CT molecular complexity index is 695. The molecule has 1 nitrogen and oxygen atoms in total. The van der Waals surface area contributed by atoms with Crippen molar-refractivity contribution >= 4 is 16.8 Å². The Balaban J connectivity index is 1.47. The molecule has 3 unspecified atom stereocenters. The fraction of sp³-hybridized carbons (Fsp3) is 0.897. The molecule has 0 aromatic heterocycles. The minimum absolute atomic E-state index is 0.143. The number of carbonyl (C=O) groups excluding carboxylic acids is 1. The van der Waals surface area contributed by atoms with Gasteiger partial charge in [0.2, 0.25) is 5.24 Å². The Morgan fingerprint density at radius 2 is 1.84 bits per heavy atom. The number of fused-ring (bicyclic) bond motifs is 5. The van der Waals surface area contributed by atoms with Gasteiger partial charge in [0.05, 0.1) is 0 Å². The zero-order valence-electron chi connectivity index (χ0n) is 20.9. The second kappa shape index (κ2) is 9.15. The first kappa shape index (κ1) is 23.8. The van der Waals surface area contributed by atoms with Gasteiger partial charge in [0.1, 0.15) is 0 Å². The van der Waals surface area contributed by atoms with Gasteiger partial charge in [-0.1, -0.05) is 65.5 Å². The van der Waals surface area contributed by atoms with Crippen molar-refractivity contribution in [3.63, 3.8) is 0 Å². The summed E-state index contributed by atoms with van der Waals surface area (Å²) >= 11 is 5.74. The van der Waals surface area contributed by atoms with E-state index < -0.39 is 0 Å². The van der Waals surface area contributed by atoms with Gasteiger partial charge in [-0.25, -0.2) is 0 Å². The Hall–Kier alpha value is -0.300. The summed E-state index contributed by atoms with van der Waals surface area (Å²) in [6, 6.07) is 0. The van der Waals surface area contributed by atoms with Crippen LogP contribution in [-0.4, -0.2) is 5.24 Å². The molecule has 0 radical (unpaired) electrons. The van der Waals surface area contributed by atoms with Crippen LogP contribution in [-0.2, 0) is 4.79 Å². The number of allylic oxidation sites excluding steroid dienone is 2. The molecule has 3 saturated carbocycles. The third kappa shape index (κ3) is 4.43. The third-order valence-electron chi connectivity index (χ3n) is 10.9. The molecule has 0 aromatic rings. The number of hydrogen-bond donors (Lipinski definition) is 0. The van der Waals surface area contributed by atoms with Crippen LogP contribution in [0.2, 0.25) is 0 Å². The number of carbonyl (C=O) groups is 1. The van der Waals surface area contributed by atoms with Crippen LogP contribution in [0.15, 0.2) is 11.6 Å². The van der Waals surface area contributed by atoms with E-state index >= 15 is 0 Å². The average molecular weight is 447 g/mol. The molecular weight excluding hydrogens is 400 g/mol. The minimum atomic E-state index is -0.143. The van der Waals surface area contributed by atoms with E-state index in [2.05, 4.69) is 40.7 Å². The fourth-order valence-corrected chi connectivity index (χ4v) is 9.38. The quantitative estimate of drug-likeness (QED) is 0.282. The molecule has 31 heavy (non-hydrogen) atoms. The van der Waals surface area contributed by atoms with Crippen molar-refractivity contribution < 1.29 is 4.79 Å². The maximum absolute atomic E-state index is 11.5. The van der Waals surface area contributed by atoms with E-state index in [1.165, 1.54) is 64.2 Å². The minimum Gasteiger partial charge on any atom is -0.281 e. The molecule has 0 aromatic carbocycles. The van der Waals surface area contributed by atoms with Gasteiger partial charge in [-0.15, -0.1) is 0 Å². The number of halogens is 1.